The topological polar surface area (TPSA) is 135 Å². The largest absolute Gasteiger partial charge is 0.452 e. The maximum absolute atomic E-state index is 12.6. The maximum atomic E-state index is 12.6. The second-order valence-electron chi connectivity index (χ2n) is 6.70. The zero-order chi connectivity index (χ0) is 21.8. The van der Waals surface area contributed by atoms with Crippen molar-refractivity contribution in [1.29, 1.82) is 5.26 Å². The molecule has 154 valence electrons. The van der Waals surface area contributed by atoms with Gasteiger partial charge in [0.1, 0.15) is 11.1 Å². The highest BCUT2D eigenvalue weighted by atomic mass is 32.2. The first-order valence-electron chi connectivity index (χ1n) is 9.05. The van der Waals surface area contributed by atoms with Crippen LogP contribution in [-0.2, 0) is 9.53 Å². The van der Waals surface area contributed by atoms with E-state index in [1.165, 1.54) is 36.9 Å². The molecule has 2 aromatic rings. The van der Waals surface area contributed by atoms with Crippen molar-refractivity contribution in [2.75, 3.05) is 18.2 Å². The fourth-order valence-corrected chi connectivity index (χ4v) is 3.45. The van der Waals surface area contributed by atoms with Gasteiger partial charge < -0.3 is 10.1 Å². The summed E-state index contributed by atoms with van der Waals surface area (Å²) >= 11 is 1.27. The Morgan fingerprint density at radius 1 is 1.43 bits per heavy atom. The smallest absolute Gasteiger partial charge is 0.340 e. The summed E-state index contributed by atoms with van der Waals surface area (Å²) < 4.78 is 5.10. The number of anilines is 1. The van der Waals surface area contributed by atoms with Gasteiger partial charge in [-0.25, -0.2) is 9.78 Å². The quantitative estimate of drug-likeness (QED) is 0.307. The molecule has 9 nitrogen and oxygen atoms in total. The van der Waals surface area contributed by atoms with E-state index in [2.05, 4.69) is 10.3 Å². The van der Waals surface area contributed by atoms with Gasteiger partial charge >= 0.3 is 5.97 Å². The van der Waals surface area contributed by atoms with Crippen LogP contribution in [0, 0.1) is 28.4 Å². The molecule has 0 spiro atoms. The van der Waals surface area contributed by atoms with Crippen molar-refractivity contribution in [3.05, 3.63) is 56.8 Å². The fourth-order valence-electron chi connectivity index (χ4n) is 2.90. The van der Waals surface area contributed by atoms with Crippen LogP contribution in [0.15, 0.2) is 29.3 Å². The van der Waals surface area contributed by atoms with Crippen LogP contribution in [0.5, 0.6) is 0 Å². The van der Waals surface area contributed by atoms with Crippen LogP contribution in [0.4, 0.5) is 11.4 Å². The predicted molar refractivity (Wildman–Crippen MR) is 109 cm³/mol. The number of amides is 1. The van der Waals surface area contributed by atoms with Gasteiger partial charge in [-0.3, -0.25) is 14.9 Å². The monoisotopic (exact) mass is 426 g/mol. The summed E-state index contributed by atoms with van der Waals surface area (Å²) in [6, 6.07) is 7.84. The minimum atomic E-state index is -0.794. The normalized spacial score (nSPS) is 12.7. The molecule has 0 aliphatic heterocycles. The number of rotatable bonds is 7. The van der Waals surface area contributed by atoms with Gasteiger partial charge in [-0.1, -0.05) is 6.07 Å². The Hall–Kier alpha value is -3.45. The Kier molecular flexibility index (Phi) is 6.32. The molecule has 1 saturated carbocycles. The lowest BCUT2D eigenvalue weighted by Crippen LogP contribution is -2.22. The number of ether oxygens (including phenoxy) is 1. The Morgan fingerprint density at radius 3 is 2.77 bits per heavy atom. The molecule has 0 saturated heterocycles. The van der Waals surface area contributed by atoms with Gasteiger partial charge in [0.05, 0.1) is 27.3 Å². The summed E-state index contributed by atoms with van der Waals surface area (Å²) in [5.41, 5.74) is 1.36. The summed E-state index contributed by atoms with van der Waals surface area (Å²) in [5, 5.41) is 23.4. The molecule has 3 rings (SSSR count). The molecule has 1 fully saturated rings. The third-order valence-electron chi connectivity index (χ3n) is 4.64. The van der Waals surface area contributed by atoms with Gasteiger partial charge in [0.15, 0.2) is 6.61 Å². The van der Waals surface area contributed by atoms with Crippen molar-refractivity contribution in [1.82, 2.24) is 4.98 Å². The first kappa shape index (κ1) is 21.3. The number of pyridine rings is 1. The van der Waals surface area contributed by atoms with E-state index in [0.717, 1.165) is 18.5 Å². The molecule has 1 amide bonds. The van der Waals surface area contributed by atoms with Crippen molar-refractivity contribution in [2.45, 2.75) is 30.7 Å². The van der Waals surface area contributed by atoms with Gasteiger partial charge in [-0.2, -0.15) is 5.26 Å². The van der Waals surface area contributed by atoms with Crippen LogP contribution in [0.3, 0.4) is 0 Å². The molecular formula is C20H18N4O5S. The predicted octanol–water partition coefficient (Wildman–Crippen LogP) is 3.56. The van der Waals surface area contributed by atoms with Crippen molar-refractivity contribution in [2.24, 2.45) is 0 Å². The minimum Gasteiger partial charge on any atom is -0.452 e. The van der Waals surface area contributed by atoms with E-state index in [9.17, 15) is 25.0 Å². The molecule has 0 bridgehead atoms. The van der Waals surface area contributed by atoms with Gasteiger partial charge in [0.25, 0.3) is 11.6 Å². The first-order chi connectivity index (χ1) is 14.3. The van der Waals surface area contributed by atoms with Crippen molar-refractivity contribution in [3.63, 3.8) is 0 Å². The average molecular weight is 426 g/mol. The van der Waals surface area contributed by atoms with E-state index < -0.39 is 23.4 Å². The number of carbonyl (C=O) groups is 2. The summed E-state index contributed by atoms with van der Waals surface area (Å²) in [4.78, 5) is 39.7. The van der Waals surface area contributed by atoms with Crippen molar-refractivity contribution >= 4 is 35.0 Å². The minimum absolute atomic E-state index is 0.0816. The van der Waals surface area contributed by atoms with Gasteiger partial charge in [0.2, 0.25) is 0 Å². The second kappa shape index (κ2) is 8.92. The molecule has 10 heteroatoms. The number of esters is 1. The lowest BCUT2D eigenvalue weighted by atomic mass is 10.1. The lowest BCUT2D eigenvalue weighted by molar-refractivity contribution is -0.385. The summed E-state index contributed by atoms with van der Waals surface area (Å²) in [5.74, 6) is -1.17. The number of carbonyl (C=O) groups excluding carboxylic acids is 2. The molecule has 1 aliphatic carbocycles. The zero-order valence-electron chi connectivity index (χ0n) is 16.3. The molecule has 1 aromatic heterocycles. The number of nitro groups is 1. The Morgan fingerprint density at radius 2 is 2.17 bits per heavy atom. The number of nitro benzene ring substituents is 1. The molecule has 0 radical (unpaired) electrons. The van der Waals surface area contributed by atoms with Crippen molar-refractivity contribution in [3.8, 4) is 6.07 Å². The van der Waals surface area contributed by atoms with Gasteiger partial charge in [0, 0.05) is 17.7 Å². The summed E-state index contributed by atoms with van der Waals surface area (Å²) in [6.45, 7) is 0.917. The third-order valence-corrected chi connectivity index (χ3v) is 5.32. The molecule has 1 N–H and O–H groups in total. The Labute approximate surface area is 176 Å². The van der Waals surface area contributed by atoms with Crippen LogP contribution in [-0.4, -0.2) is 34.6 Å². The number of thioether (sulfide) groups is 1. The number of aromatic nitrogens is 1. The van der Waals surface area contributed by atoms with Crippen LogP contribution in [0.1, 0.15) is 45.9 Å². The molecule has 30 heavy (non-hydrogen) atoms. The molecule has 1 heterocycles. The van der Waals surface area contributed by atoms with E-state index in [1.54, 1.807) is 12.3 Å². The first-order valence-corrected chi connectivity index (χ1v) is 10.3. The van der Waals surface area contributed by atoms with Gasteiger partial charge in [-0.15, -0.1) is 11.8 Å². The molecule has 0 atom stereocenters. The number of nitriles is 1. The number of nitrogens with one attached hydrogen (secondary N) is 1. The standard InChI is InChI=1S/C20H18N4O5S/c1-11-15(4-3-5-17(11)24(27)28)22-18(25)10-29-20(26)13-8-16(12-6-7-12)23-19(30-2)14(13)9-21/h3-5,8,12H,6-7,10H2,1-2H3,(H,22,25). The third kappa shape index (κ3) is 4.58. The Bertz CT molecular complexity index is 1080. The highest BCUT2D eigenvalue weighted by Crippen LogP contribution is 2.40. The van der Waals surface area contributed by atoms with E-state index >= 15 is 0 Å². The van der Waals surface area contributed by atoms with Crippen LogP contribution >= 0.6 is 11.8 Å². The van der Waals surface area contributed by atoms with E-state index in [4.69, 9.17) is 4.74 Å². The fraction of sp³-hybridized carbons (Fsp3) is 0.300. The van der Waals surface area contributed by atoms with Crippen LogP contribution < -0.4 is 5.32 Å². The van der Waals surface area contributed by atoms with Crippen molar-refractivity contribution < 1.29 is 19.2 Å². The zero-order valence-corrected chi connectivity index (χ0v) is 17.1. The highest BCUT2D eigenvalue weighted by molar-refractivity contribution is 7.98. The second-order valence-corrected chi connectivity index (χ2v) is 7.49. The van der Waals surface area contributed by atoms with E-state index in [0.29, 0.717) is 10.6 Å². The molecule has 1 aromatic carbocycles. The molecular weight excluding hydrogens is 408 g/mol. The lowest BCUT2D eigenvalue weighted by Gasteiger charge is -2.11. The van der Waals surface area contributed by atoms with Crippen LogP contribution in [0.2, 0.25) is 0 Å². The molecule has 0 unspecified atom stereocenters. The number of hydrogen-bond acceptors (Lipinski definition) is 8. The van der Waals surface area contributed by atoms with Crippen LogP contribution in [0.25, 0.3) is 0 Å². The Balaban J connectivity index is 1.72. The highest BCUT2D eigenvalue weighted by Gasteiger charge is 2.29. The summed E-state index contributed by atoms with van der Waals surface area (Å²) in [6.07, 6.45) is 3.72. The molecule has 1 aliphatic rings. The number of hydrogen-bond donors (Lipinski definition) is 1. The number of benzene rings is 1. The SMILES string of the molecule is CSc1nc(C2CC2)cc(C(=O)OCC(=O)Nc2cccc([N+](=O)[O-])c2C)c1C#N. The van der Waals surface area contributed by atoms with E-state index in [-0.39, 0.29) is 28.4 Å². The average Bonchev–Trinajstić information content (AvgIpc) is 3.57. The summed E-state index contributed by atoms with van der Waals surface area (Å²) in [7, 11) is 0. The number of nitrogens with zero attached hydrogens (tertiary/aromatic N) is 3. The maximum Gasteiger partial charge on any atom is 0.340 e. The van der Waals surface area contributed by atoms with Gasteiger partial charge in [-0.05, 0) is 38.2 Å². The van der Waals surface area contributed by atoms with E-state index in [1.807, 2.05) is 6.07 Å².